The summed E-state index contributed by atoms with van der Waals surface area (Å²) < 4.78 is 74.1. The molecular formula is C28H25F4N3O5. The molecule has 1 amide bonds. The Labute approximate surface area is 226 Å². The Morgan fingerprint density at radius 1 is 1.00 bits per heavy atom. The third-order valence-electron chi connectivity index (χ3n) is 6.60. The molecule has 2 aromatic carbocycles. The van der Waals surface area contributed by atoms with Gasteiger partial charge in [-0.25, -0.2) is 31.9 Å². The predicted molar refractivity (Wildman–Crippen MR) is 136 cm³/mol. The molecule has 0 saturated carbocycles. The van der Waals surface area contributed by atoms with Crippen LogP contribution in [0.15, 0.2) is 30.3 Å². The summed E-state index contributed by atoms with van der Waals surface area (Å²) in [5, 5.41) is 0.559. The molecule has 2 aromatic heterocycles. The van der Waals surface area contributed by atoms with Gasteiger partial charge in [0.05, 0.1) is 37.6 Å². The molecule has 0 radical (unpaired) electrons. The number of halogens is 4. The molecule has 40 heavy (non-hydrogen) atoms. The molecule has 1 aliphatic rings. The van der Waals surface area contributed by atoms with Crippen LogP contribution in [0.4, 0.5) is 22.4 Å². The summed E-state index contributed by atoms with van der Waals surface area (Å²) in [6.07, 6.45) is -0.972. The van der Waals surface area contributed by atoms with Gasteiger partial charge in [0.1, 0.15) is 11.3 Å². The SMILES string of the molecule is COc1nc2c(c3cc(F)c(F)cc13)[C@H](N(C)C(=O)c1cc3cc(F)c(F)cc3n1C(=O)OC(C)(C)C)COC2. The highest BCUT2D eigenvalue weighted by atomic mass is 19.2. The van der Waals surface area contributed by atoms with Gasteiger partial charge in [-0.15, -0.1) is 0 Å². The molecule has 1 atom stereocenters. The molecule has 1 aliphatic heterocycles. The number of carbonyl (C=O) groups is 2. The number of carbonyl (C=O) groups excluding carboxylic acids is 2. The zero-order valence-corrected chi connectivity index (χ0v) is 22.3. The van der Waals surface area contributed by atoms with Crippen molar-refractivity contribution in [1.29, 1.82) is 0 Å². The van der Waals surface area contributed by atoms with E-state index in [4.69, 9.17) is 14.2 Å². The summed E-state index contributed by atoms with van der Waals surface area (Å²) in [6, 6.07) is 4.06. The average Bonchev–Trinajstić information content (AvgIpc) is 3.25. The van der Waals surface area contributed by atoms with Gasteiger partial charge in [0, 0.05) is 29.4 Å². The second kappa shape index (κ2) is 9.77. The monoisotopic (exact) mass is 559 g/mol. The lowest BCUT2D eigenvalue weighted by Gasteiger charge is -2.34. The molecule has 4 aromatic rings. The fraction of sp³-hybridized carbons (Fsp3) is 0.321. The van der Waals surface area contributed by atoms with Crippen LogP contribution in [0, 0.1) is 23.3 Å². The number of nitrogens with zero attached hydrogens (tertiary/aromatic N) is 3. The number of likely N-dealkylation sites (N-methyl/N-ethyl adjacent to an activating group) is 1. The van der Waals surface area contributed by atoms with Crippen LogP contribution in [0.1, 0.15) is 48.6 Å². The molecule has 0 unspecified atom stereocenters. The lowest BCUT2D eigenvalue weighted by molar-refractivity contribution is 0.0319. The van der Waals surface area contributed by atoms with Gasteiger partial charge in [-0.2, -0.15) is 0 Å². The first-order valence-corrected chi connectivity index (χ1v) is 12.2. The Hall–Kier alpha value is -4.19. The molecule has 0 fully saturated rings. The summed E-state index contributed by atoms with van der Waals surface area (Å²) in [6.45, 7) is 4.85. The van der Waals surface area contributed by atoms with Gasteiger partial charge >= 0.3 is 6.09 Å². The number of aromatic nitrogens is 2. The van der Waals surface area contributed by atoms with E-state index < -0.39 is 46.9 Å². The number of rotatable bonds is 3. The number of hydrogen-bond acceptors (Lipinski definition) is 6. The Kier molecular flexibility index (Phi) is 6.69. The molecule has 8 nitrogen and oxygen atoms in total. The Morgan fingerprint density at radius 3 is 2.27 bits per heavy atom. The van der Waals surface area contributed by atoms with E-state index in [2.05, 4.69) is 4.98 Å². The number of ether oxygens (including phenoxy) is 3. The summed E-state index contributed by atoms with van der Waals surface area (Å²) >= 11 is 0. The van der Waals surface area contributed by atoms with Crippen LogP contribution in [0.2, 0.25) is 0 Å². The minimum atomic E-state index is -1.21. The maximum absolute atomic E-state index is 14.4. The van der Waals surface area contributed by atoms with Crippen LogP contribution in [0.3, 0.4) is 0 Å². The van der Waals surface area contributed by atoms with Gasteiger partial charge in [0.15, 0.2) is 23.3 Å². The van der Waals surface area contributed by atoms with E-state index >= 15 is 0 Å². The largest absolute Gasteiger partial charge is 0.481 e. The third kappa shape index (κ3) is 4.61. The van der Waals surface area contributed by atoms with Crippen LogP contribution in [0.5, 0.6) is 5.88 Å². The van der Waals surface area contributed by atoms with Crippen molar-refractivity contribution in [1.82, 2.24) is 14.5 Å². The van der Waals surface area contributed by atoms with E-state index in [0.717, 1.165) is 28.8 Å². The number of fused-ring (bicyclic) bond motifs is 4. The van der Waals surface area contributed by atoms with E-state index in [0.29, 0.717) is 11.3 Å². The average molecular weight is 560 g/mol. The lowest BCUT2D eigenvalue weighted by atomic mass is 9.95. The van der Waals surface area contributed by atoms with Crippen molar-refractivity contribution in [2.45, 2.75) is 39.0 Å². The van der Waals surface area contributed by atoms with Crippen molar-refractivity contribution < 1.29 is 41.4 Å². The van der Waals surface area contributed by atoms with Gasteiger partial charge in [-0.1, -0.05) is 0 Å². The molecular weight excluding hydrogens is 534 g/mol. The molecule has 5 rings (SSSR count). The van der Waals surface area contributed by atoms with Gasteiger partial charge in [0.25, 0.3) is 5.91 Å². The fourth-order valence-electron chi connectivity index (χ4n) is 4.83. The molecule has 3 heterocycles. The number of methoxy groups -OCH3 is 1. The first kappa shape index (κ1) is 27.4. The summed E-state index contributed by atoms with van der Waals surface area (Å²) in [4.78, 5) is 32.8. The molecule has 12 heteroatoms. The quantitative estimate of drug-likeness (QED) is 0.292. The zero-order valence-electron chi connectivity index (χ0n) is 22.3. The van der Waals surface area contributed by atoms with Crippen molar-refractivity contribution in [3.63, 3.8) is 0 Å². The van der Waals surface area contributed by atoms with Gasteiger partial charge in [-0.3, -0.25) is 4.79 Å². The molecule has 0 spiro atoms. The van der Waals surface area contributed by atoms with E-state index in [1.54, 1.807) is 20.8 Å². The van der Waals surface area contributed by atoms with Crippen molar-refractivity contribution in [2.24, 2.45) is 0 Å². The van der Waals surface area contributed by atoms with Gasteiger partial charge < -0.3 is 19.1 Å². The normalized spacial score (nSPS) is 15.3. The van der Waals surface area contributed by atoms with E-state index in [1.807, 2.05) is 0 Å². The minimum Gasteiger partial charge on any atom is -0.481 e. The van der Waals surface area contributed by atoms with Crippen LogP contribution in [-0.2, 0) is 16.1 Å². The van der Waals surface area contributed by atoms with E-state index in [-0.39, 0.29) is 46.5 Å². The highest BCUT2D eigenvalue weighted by molar-refractivity contribution is 6.04. The highest BCUT2D eigenvalue weighted by Gasteiger charge is 2.35. The maximum atomic E-state index is 14.4. The first-order valence-electron chi connectivity index (χ1n) is 12.2. The number of pyridine rings is 1. The summed E-state index contributed by atoms with van der Waals surface area (Å²) in [7, 11) is 2.77. The second-order valence-electron chi connectivity index (χ2n) is 10.4. The summed E-state index contributed by atoms with van der Waals surface area (Å²) in [5.74, 6) is -5.23. The molecule has 0 aliphatic carbocycles. The minimum absolute atomic E-state index is 0.0237. The van der Waals surface area contributed by atoms with Gasteiger partial charge in [-0.05, 0) is 50.4 Å². The van der Waals surface area contributed by atoms with Crippen molar-refractivity contribution >= 4 is 33.7 Å². The molecule has 0 N–H and O–H groups in total. The van der Waals surface area contributed by atoms with Crippen molar-refractivity contribution in [3.05, 3.63) is 70.6 Å². The summed E-state index contributed by atoms with van der Waals surface area (Å²) in [5.41, 5.74) is -0.499. The number of benzene rings is 2. The Bertz CT molecular complexity index is 1700. The lowest BCUT2D eigenvalue weighted by Crippen LogP contribution is -2.38. The van der Waals surface area contributed by atoms with Crippen LogP contribution in [0.25, 0.3) is 21.7 Å². The smallest absolute Gasteiger partial charge is 0.419 e. The van der Waals surface area contributed by atoms with Gasteiger partial charge in [0.2, 0.25) is 5.88 Å². The standard InChI is InChI=1S/C28H25F4N3O5/c1-28(2,3)40-27(37)35-21-10-19(32)16(29)6-13(21)7-22(35)26(36)34(4)23-12-39-11-20-24(23)14-8-17(30)18(31)9-15(14)25(33-20)38-5/h6-10,23H,11-12H2,1-5H3/t23-/m1/s1. The van der Waals surface area contributed by atoms with Crippen LogP contribution >= 0.6 is 0 Å². The molecule has 210 valence electrons. The fourth-order valence-corrected chi connectivity index (χ4v) is 4.83. The van der Waals surface area contributed by atoms with Crippen molar-refractivity contribution in [3.8, 4) is 5.88 Å². The number of amides is 1. The van der Waals surface area contributed by atoms with E-state index in [9.17, 15) is 27.2 Å². The first-order chi connectivity index (χ1) is 18.8. The van der Waals surface area contributed by atoms with Crippen LogP contribution in [-0.4, -0.2) is 52.8 Å². The van der Waals surface area contributed by atoms with E-state index in [1.165, 1.54) is 25.1 Å². The third-order valence-corrected chi connectivity index (χ3v) is 6.60. The molecule has 0 saturated heterocycles. The predicted octanol–water partition coefficient (Wildman–Crippen LogP) is 5.88. The number of hydrogen-bond donors (Lipinski definition) is 0. The second-order valence-corrected chi connectivity index (χ2v) is 10.4. The topological polar surface area (TPSA) is 82.9 Å². The molecule has 0 bridgehead atoms. The Morgan fingerprint density at radius 2 is 1.62 bits per heavy atom. The highest BCUT2D eigenvalue weighted by Crippen LogP contribution is 2.39. The zero-order chi connectivity index (χ0) is 29.1. The van der Waals surface area contributed by atoms with Crippen molar-refractivity contribution in [2.75, 3.05) is 20.8 Å². The Balaban J connectivity index is 1.66. The maximum Gasteiger partial charge on any atom is 0.419 e. The van der Waals surface area contributed by atoms with Crippen LogP contribution < -0.4 is 4.74 Å².